The average Bonchev–Trinajstić information content (AvgIpc) is 3.22. The van der Waals surface area contributed by atoms with Crippen LogP contribution >= 0.6 is 0 Å². The molecule has 0 aliphatic carbocycles. The molecule has 1 saturated heterocycles. The number of benzene rings is 5. The highest BCUT2D eigenvalue weighted by Gasteiger charge is 2.49. The molecule has 5 aromatic carbocycles. The van der Waals surface area contributed by atoms with Crippen molar-refractivity contribution in [3.05, 3.63) is 88.5 Å². The van der Waals surface area contributed by atoms with E-state index in [0.29, 0.717) is 0 Å². The van der Waals surface area contributed by atoms with Crippen molar-refractivity contribution in [2.24, 2.45) is 0 Å². The van der Waals surface area contributed by atoms with Crippen molar-refractivity contribution in [2.45, 2.75) is 63.7 Å². The number of rotatable bonds is 16. The molecule has 0 amide bonds. The fourth-order valence-electron chi connectivity index (χ4n) is 6.48. The Bertz CT molecular complexity index is 2290. The van der Waals surface area contributed by atoms with Gasteiger partial charge < -0.3 is 105 Å². The van der Waals surface area contributed by atoms with Gasteiger partial charge in [0.15, 0.2) is 92.5 Å². The van der Waals surface area contributed by atoms with Crippen LogP contribution in [0, 0.1) is 0 Å². The maximum atomic E-state index is 10.2. The summed E-state index contributed by atoms with van der Waals surface area (Å²) in [5.41, 5.74) is 0.650. The first-order chi connectivity index (χ1) is 29.4. The fourth-order valence-corrected chi connectivity index (χ4v) is 6.48. The SMILES string of the molecule is Oc1cc(COC[C@H]2OC(OCc3cc(O)c(O)c(O)c3)[C@H](OCc3cc(O)c(O)c(O)c3)[C@@H](OCc3cc(O)c(O)c(O)c3)[C@@H]2OCc2cc(O)c(O)c(O)c2)cc(O)c1O. The van der Waals surface area contributed by atoms with Crippen molar-refractivity contribution in [1.29, 1.82) is 0 Å². The zero-order valence-electron chi connectivity index (χ0n) is 32.1. The predicted octanol–water partition coefficient (Wildman–Crippen LogP) is 3.49. The molecule has 0 bridgehead atoms. The second-order valence-corrected chi connectivity index (χ2v) is 14.1. The third kappa shape index (κ3) is 10.1. The van der Waals surface area contributed by atoms with E-state index < -0.39 is 150 Å². The second-order valence-electron chi connectivity index (χ2n) is 14.1. The fraction of sp³-hybridized carbons (Fsp3) is 0.268. The zero-order valence-corrected chi connectivity index (χ0v) is 32.1. The molecular weight excluding hydrogens is 828 g/mol. The van der Waals surface area contributed by atoms with Gasteiger partial charge in [0, 0.05) is 0 Å². The smallest absolute Gasteiger partial charge is 0.200 e. The maximum Gasteiger partial charge on any atom is 0.200 e. The van der Waals surface area contributed by atoms with Crippen LogP contribution in [0.5, 0.6) is 86.2 Å². The summed E-state index contributed by atoms with van der Waals surface area (Å²) in [6.07, 6.45) is -7.00. The van der Waals surface area contributed by atoms with Gasteiger partial charge in [-0.3, -0.25) is 0 Å². The highest BCUT2D eigenvalue weighted by atomic mass is 16.7. The van der Waals surface area contributed by atoms with E-state index in [1.165, 1.54) is 0 Å². The summed E-state index contributed by atoms with van der Waals surface area (Å²) in [5.74, 6) is -10.8. The van der Waals surface area contributed by atoms with E-state index >= 15 is 0 Å². The van der Waals surface area contributed by atoms with Gasteiger partial charge in [-0.05, 0) is 88.5 Å². The molecule has 332 valence electrons. The summed E-state index contributed by atoms with van der Waals surface area (Å²) < 4.78 is 37.4. The maximum absolute atomic E-state index is 10.2. The summed E-state index contributed by atoms with van der Waals surface area (Å²) in [6, 6.07) is 11.0. The molecule has 1 aliphatic heterocycles. The quantitative estimate of drug-likeness (QED) is 0.0631. The van der Waals surface area contributed by atoms with Crippen molar-refractivity contribution in [2.75, 3.05) is 6.61 Å². The standard InChI is InChI=1S/C41H42O21/c42-22-1-17(2-23(43)33(22)52)11-57-16-32-38(58-12-18-3-24(44)34(53)25(45)4-18)39(59-13-19-5-26(46)35(54)27(47)6-19)40(60-14-20-7-28(48)36(55)29(49)8-20)41(62-32)61-15-21-9-30(50)37(56)31(51)10-21/h1-10,32,38-56H,11-16H2/t32-,38-,39+,40-,41?/m1/s1. The molecule has 6 rings (SSSR count). The number of aromatic hydroxyl groups is 15. The number of phenols is 15. The van der Waals surface area contributed by atoms with Gasteiger partial charge in [0.2, 0.25) is 0 Å². The van der Waals surface area contributed by atoms with Gasteiger partial charge in [-0.2, -0.15) is 0 Å². The van der Waals surface area contributed by atoms with Crippen LogP contribution in [0.1, 0.15) is 27.8 Å². The number of hydrogen-bond donors (Lipinski definition) is 15. The highest BCUT2D eigenvalue weighted by Crippen LogP contribution is 2.41. The Hall–Kier alpha value is -7.14. The third-order valence-corrected chi connectivity index (χ3v) is 9.53. The van der Waals surface area contributed by atoms with Gasteiger partial charge in [-0.15, -0.1) is 0 Å². The van der Waals surface area contributed by atoms with E-state index in [0.717, 1.165) is 60.7 Å². The minimum absolute atomic E-state index is 0.107. The van der Waals surface area contributed by atoms with Crippen LogP contribution in [-0.4, -0.2) is 114 Å². The molecule has 0 spiro atoms. The molecular formula is C41H42O21. The molecule has 21 heteroatoms. The lowest BCUT2D eigenvalue weighted by Crippen LogP contribution is -2.61. The molecule has 15 N–H and O–H groups in total. The van der Waals surface area contributed by atoms with Gasteiger partial charge in [-0.1, -0.05) is 0 Å². The molecule has 0 saturated carbocycles. The Morgan fingerprint density at radius 2 is 0.581 bits per heavy atom. The van der Waals surface area contributed by atoms with E-state index in [4.69, 9.17) is 28.4 Å². The number of ether oxygens (including phenoxy) is 6. The van der Waals surface area contributed by atoms with Crippen LogP contribution in [-0.2, 0) is 61.5 Å². The Morgan fingerprint density at radius 3 is 0.903 bits per heavy atom. The lowest BCUT2D eigenvalue weighted by Gasteiger charge is -2.46. The molecule has 5 aromatic rings. The van der Waals surface area contributed by atoms with Crippen molar-refractivity contribution in [1.82, 2.24) is 0 Å². The Kier molecular flexibility index (Phi) is 13.4. The van der Waals surface area contributed by atoms with Gasteiger partial charge in [0.25, 0.3) is 0 Å². The van der Waals surface area contributed by atoms with Crippen molar-refractivity contribution in [3.8, 4) is 86.2 Å². The largest absolute Gasteiger partial charge is 0.504 e. The minimum Gasteiger partial charge on any atom is -0.504 e. The van der Waals surface area contributed by atoms with Gasteiger partial charge in [0.1, 0.15) is 24.4 Å². The minimum atomic E-state index is -1.55. The summed E-state index contributed by atoms with van der Waals surface area (Å²) in [5, 5.41) is 151. The zero-order chi connectivity index (χ0) is 45.0. The van der Waals surface area contributed by atoms with E-state index in [1.54, 1.807) is 0 Å². The van der Waals surface area contributed by atoms with E-state index in [1.807, 2.05) is 0 Å². The first-order valence-corrected chi connectivity index (χ1v) is 18.3. The lowest BCUT2D eigenvalue weighted by atomic mass is 9.97. The summed E-state index contributed by atoms with van der Waals surface area (Å²) >= 11 is 0. The van der Waals surface area contributed by atoms with E-state index in [9.17, 15) is 76.6 Å². The lowest BCUT2D eigenvalue weighted by molar-refractivity contribution is -0.330. The van der Waals surface area contributed by atoms with Crippen LogP contribution in [0.4, 0.5) is 0 Å². The number of hydrogen-bond acceptors (Lipinski definition) is 21. The van der Waals surface area contributed by atoms with Crippen molar-refractivity contribution >= 4 is 0 Å². The Balaban J connectivity index is 1.41. The van der Waals surface area contributed by atoms with Crippen LogP contribution in [0.25, 0.3) is 0 Å². The van der Waals surface area contributed by atoms with Crippen LogP contribution in [0.15, 0.2) is 60.7 Å². The Morgan fingerprint density at radius 1 is 0.323 bits per heavy atom. The predicted molar refractivity (Wildman–Crippen MR) is 206 cm³/mol. The van der Waals surface area contributed by atoms with Crippen LogP contribution < -0.4 is 0 Å². The molecule has 1 aliphatic rings. The topological polar surface area (TPSA) is 359 Å². The first-order valence-electron chi connectivity index (χ1n) is 18.3. The average molecular weight is 871 g/mol. The van der Waals surface area contributed by atoms with E-state index in [-0.39, 0.29) is 34.4 Å². The molecule has 21 nitrogen and oxygen atoms in total. The normalized spacial score (nSPS) is 18.8. The van der Waals surface area contributed by atoms with E-state index in [2.05, 4.69) is 0 Å². The Labute approximate surface area is 349 Å². The number of phenolic OH excluding ortho intramolecular Hbond substituents is 15. The summed E-state index contributed by atoms with van der Waals surface area (Å²) in [6.45, 7) is -2.52. The molecule has 0 radical (unpaired) electrons. The van der Waals surface area contributed by atoms with Crippen LogP contribution in [0.3, 0.4) is 0 Å². The van der Waals surface area contributed by atoms with Crippen LogP contribution in [0.2, 0.25) is 0 Å². The molecule has 1 unspecified atom stereocenters. The van der Waals surface area contributed by atoms with Gasteiger partial charge >= 0.3 is 0 Å². The van der Waals surface area contributed by atoms with Gasteiger partial charge in [0.05, 0.1) is 39.6 Å². The first kappa shape index (κ1) is 44.4. The van der Waals surface area contributed by atoms with Crippen molar-refractivity contribution < 1.29 is 105 Å². The van der Waals surface area contributed by atoms with Gasteiger partial charge in [-0.25, -0.2) is 0 Å². The molecule has 0 aromatic heterocycles. The summed E-state index contributed by atoms with van der Waals surface area (Å²) in [7, 11) is 0. The molecule has 5 atom stereocenters. The second kappa shape index (κ2) is 18.6. The third-order valence-electron chi connectivity index (χ3n) is 9.53. The molecule has 62 heavy (non-hydrogen) atoms. The molecule has 1 heterocycles. The highest BCUT2D eigenvalue weighted by molar-refractivity contribution is 5.54. The van der Waals surface area contributed by atoms with Crippen molar-refractivity contribution in [3.63, 3.8) is 0 Å². The monoisotopic (exact) mass is 870 g/mol. The summed E-state index contributed by atoms with van der Waals surface area (Å²) in [4.78, 5) is 0. The molecule has 1 fully saturated rings.